The van der Waals surface area contributed by atoms with E-state index in [4.69, 9.17) is 4.74 Å². The van der Waals surface area contributed by atoms with Crippen LogP contribution in [-0.4, -0.2) is 38.1 Å². The Kier molecular flexibility index (Phi) is 6.69. The van der Waals surface area contributed by atoms with Gasteiger partial charge in [-0.3, -0.25) is 4.79 Å². The Balaban J connectivity index is 1.68. The summed E-state index contributed by atoms with van der Waals surface area (Å²) in [5, 5.41) is 2.96. The lowest BCUT2D eigenvalue weighted by molar-refractivity contribution is -0.111. The molecule has 2 aromatic carbocycles. The molecule has 4 nitrogen and oxygen atoms in total. The van der Waals surface area contributed by atoms with Gasteiger partial charge in [0.05, 0.1) is 7.11 Å². The number of piperidine rings is 1. The van der Waals surface area contributed by atoms with Gasteiger partial charge >= 0.3 is 0 Å². The summed E-state index contributed by atoms with van der Waals surface area (Å²) in [6.07, 6.45) is 5.71. The molecule has 0 radical (unpaired) electrons. The lowest BCUT2D eigenvalue weighted by Gasteiger charge is -2.30. The quantitative estimate of drug-likeness (QED) is 0.687. The van der Waals surface area contributed by atoms with Crippen LogP contribution in [0.3, 0.4) is 0 Å². The summed E-state index contributed by atoms with van der Waals surface area (Å²) < 4.78 is 6.27. The highest BCUT2D eigenvalue weighted by Gasteiger charge is 2.19. The van der Waals surface area contributed by atoms with Crippen LogP contribution in [0.2, 0.25) is 0 Å². The molecule has 27 heavy (non-hydrogen) atoms. The summed E-state index contributed by atoms with van der Waals surface area (Å²) in [7, 11) is 3.79. The number of nitrogens with zero attached hydrogens (tertiary/aromatic N) is 1. The number of carbonyl (C=O) groups is 1. The van der Waals surface area contributed by atoms with E-state index in [0.29, 0.717) is 5.92 Å². The zero-order valence-electron chi connectivity index (χ0n) is 15.7. The predicted octanol–water partition coefficient (Wildman–Crippen LogP) is 4.92. The van der Waals surface area contributed by atoms with Crippen molar-refractivity contribution >= 4 is 33.6 Å². The second-order valence-electron chi connectivity index (χ2n) is 6.94. The van der Waals surface area contributed by atoms with Gasteiger partial charge in [-0.25, -0.2) is 0 Å². The van der Waals surface area contributed by atoms with Crippen molar-refractivity contribution in [2.45, 2.75) is 18.8 Å². The maximum atomic E-state index is 12.4. The number of nitrogens with one attached hydrogen (secondary N) is 1. The van der Waals surface area contributed by atoms with Gasteiger partial charge in [0, 0.05) is 28.3 Å². The van der Waals surface area contributed by atoms with Gasteiger partial charge in [0.2, 0.25) is 5.91 Å². The average molecular weight is 429 g/mol. The minimum atomic E-state index is -0.157. The van der Waals surface area contributed by atoms with Gasteiger partial charge in [0.1, 0.15) is 5.75 Å². The number of likely N-dealkylation sites (N-methyl/N-ethyl adjacent to an activating group) is 1. The molecule has 1 aliphatic heterocycles. The number of likely N-dealkylation sites (tertiary alicyclic amines) is 1. The predicted molar refractivity (Wildman–Crippen MR) is 114 cm³/mol. The highest BCUT2D eigenvalue weighted by molar-refractivity contribution is 9.10. The third-order valence-corrected chi connectivity index (χ3v) is 5.35. The molecule has 5 heteroatoms. The van der Waals surface area contributed by atoms with Gasteiger partial charge < -0.3 is 15.0 Å². The van der Waals surface area contributed by atoms with E-state index in [-0.39, 0.29) is 5.91 Å². The van der Waals surface area contributed by atoms with Crippen molar-refractivity contribution in [2.24, 2.45) is 0 Å². The number of ether oxygens (including phenoxy) is 1. The van der Waals surface area contributed by atoms with Crippen molar-refractivity contribution in [3.63, 3.8) is 0 Å². The molecule has 0 saturated carbocycles. The van der Waals surface area contributed by atoms with Gasteiger partial charge in [0.25, 0.3) is 0 Å². The summed E-state index contributed by atoms with van der Waals surface area (Å²) in [5.74, 6) is 1.10. The Morgan fingerprint density at radius 3 is 2.93 bits per heavy atom. The maximum Gasteiger partial charge on any atom is 0.248 e. The third-order valence-electron chi connectivity index (χ3n) is 4.86. The number of carbonyl (C=O) groups excluding carboxylic acids is 1. The van der Waals surface area contributed by atoms with Crippen LogP contribution in [-0.2, 0) is 4.79 Å². The second kappa shape index (κ2) is 9.20. The van der Waals surface area contributed by atoms with E-state index in [1.165, 1.54) is 24.5 Å². The molecule has 2 aromatic rings. The molecule has 3 rings (SSSR count). The van der Waals surface area contributed by atoms with E-state index in [1.54, 1.807) is 13.2 Å². The number of halogens is 1. The second-order valence-corrected chi connectivity index (χ2v) is 7.85. The molecule has 1 atom stereocenters. The average Bonchev–Trinajstić information content (AvgIpc) is 2.67. The van der Waals surface area contributed by atoms with Gasteiger partial charge in [0.15, 0.2) is 0 Å². The Bertz CT molecular complexity index is 835. The molecule has 1 N–H and O–H groups in total. The zero-order chi connectivity index (χ0) is 19.2. The number of rotatable bonds is 5. The molecule has 1 heterocycles. The molecular formula is C22H25BrN2O2. The van der Waals surface area contributed by atoms with Crippen LogP contribution in [0, 0.1) is 0 Å². The van der Waals surface area contributed by atoms with Gasteiger partial charge in [-0.15, -0.1) is 0 Å². The number of hydrogen-bond acceptors (Lipinski definition) is 3. The minimum absolute atomic E-state index is 0.157. The standard InChI is InChI=1S/C22H25BrN2O2/c1-25-12-4-6-18(15-25)16-5-3-7-20(14-16)24-22(26)11-8-17-13-19(23)9-10-21(17)27-2/h3,5,7-11,13-14,18H,4,6,12,15H2,1-2H3,(H,24,26)/b11-8+. The van der Waals surface area contributed by atoms with Gasteiger partial charge in [-0.2, -0.15) is 0 Å². The number of methoxy groups -OCH3 is 1. The van der Waals surface area contributed by atoms with Gasteiger partial charge in [-0.05, 0) is 74.3 Å². The first-order chi connectivity index (χ1) is 13.0. The molecule has 1 unspecified atom stereocenters. The van der Waals surface area contributed by atoms with Crippen LogP contribution in [0.5, 0.6) is 5.75 Å². The highest BCUT2D eigenvalue weighted by Crippen LogP contribution is 2.28. The summed E-state index contributed by atoms with van der Waals surface area (Å²) in [5.41, 5.74) is 2.97. The molecule has 0 spiro atoms. The lowest BCUT2D eigenvalue weighted by Crippen LogP contribution is -2.30. The zero-order valence-corrected chi connectivity index (χ0v) is 17.3. The summed E-state index contributed by atoms with van der Waals surface area (Å²) >= 11 is 3.44. The molecule has 0 aliphatic carbocycles. The van der Waals surface area contributed by atoms with Crippen molar-refractivity contribution in [3.05, 3.63) is 64.1 Å². The van der Waals surface area contributed by atoms with Crippen LogP contribution in [0.25, 0.3) is 6.08 Å². The maximum absolute atomic E-state index is 12.4. The van der Waals surface area contributed by atoms with E-state index in [9.17, 15) is 4.79 Å². The largest absolute Gasteiger partial charge is 0.496 e. The first-order valence-corrected chi connectivity index (χ1v) is 9.95. The third kappa shape index (κ3) is 5.44. The lowest BCUT2D eigenvalue weighted by atomic mass is 9.90. The molecule has 1 saturated heterocycles. The van der Waals surface area contributed by atoms with E-state index in [1.807, 2.05) is 30.3 Å². The molecule has 1 aliphatic rings. The first-order valence-electron chi connectivity index (χ1n) is 9.16. The van der Waals surface area contributed by atoms with E-state index < -0.39 is 0 Å². The fraction of sp³-hybridized carbons (Fsp3) is 0.318. The fourth-order valence-corrected chi connectivity index (χ4v) is 3.87. The molecule has 0 bridgehead atoms. The monoisotopic (exact) mass is 428 g/mol. The van der Waals surface area contributed by atoms with Crippen LogP contribution in [0.15, 0.2) is 53.0 Å². The van der Waals surface area contributed by atoms with Crippen LogP contribution >= 0.6 is 15.9 Å². The SMILES string of the molecule is COc1ccc(Br)cc1/C=C/C(=O)Nc1cccc(C2CCCN(C)C2)c1. The van der Waals surface area contributed by atoms with Crippen molar-refractivity contribution < 1.29 is 9.53 Å². The summed E-state index contributed by atoms with van der Waals surface area (Å²) in [6.45, 7) is 2.23. The Hall–Kier alpha value is -2.11. The molecule has 1 amide bonds. The Labute approximate surface area is 169 Å². The van der Waals surface area contributed by atoms with Crippen LogP contribution in [0.1, 0.15) is 29.9 Å². The van der Waals surface area contributed by atoms with E-state index in [2.05, 4.69) is 45.3 Å². The normalized spacial score (nSPS) is 17.8. The first kappa shape index (κ1) is 19.6. The summed E-state index contributed by atoms with van der Waals surface area (Å²) in [4.78, 5) is 14.7. The Morgan fingerprint density at radius 2 is 2.15 bits per heavy atom. The van der Waals surface area contributed by atoms with Crippen LogP contribution < -0.4 is 10.1 Å². The van der Waals surface area contributed by atoms with Crippen LogP contribution in [0.4, 0.5) is 5.69 Å². The van der Waals surface area contributed by atoms with Crippen molar-refractivity contribution in [1.29, 1.82) is 0 Å². The molecular weight excluding hydrogens is 404 g/mol. The number of benzene rings is 2. The smallest absolute Gasteiger partial charge is 0.248 e. The van der Waals surface area contributed by atoms with E-state index in [0.717, 1.165) is 34.6 Å². The molecule has 0 aromatic heterocycles. The molecule has 142 valence electrons. The topological polar surface area (TPSA) is 41.6 Å². The summed E-state index contributed by atoms with van der Waals surface area (Å²) in [6, 6.07) is 13.9. The number of amides is 1. The number of anilines is 1. The van der Waals surface area contributed by atoms with Crippen molar-refractivity contribution in [1.82, 2.24) is 4.90 Å². The fourth-order valence-electron chi connectivity index (χ4n) is 3.49. The highest BCUT2D eigenvalue weighted by atomic mass is 79.9. The minimum Gasteiger partial charge on any atom is -0.496 e. The van der Waals surface area contributed by atoms with Crippen molar-refractivity contribution in [2.75, 3.05) is 32.6 Å². The molecule has 1 fully saturated rings. The number of hydrogen-bond donors (Lipinski definition) is 1. The van der Waals surface area contributed by atoms with E-state index >= 15 is 0 Å². The van der Waals surface area contributed by atoms with Gasteiger partial charge in [-0.1, -0.05) is 28.1 Å². The Morgan fingerprint density at radius 1 is 1.30 bits per heavy atom. The van der Waals surface area contributed by atoms with Crippen molar-refractivity contribution in [3.8, 4) is 5.75 Å².